The summed E-state index contributed by atoms with van der Waals surface area (Å²) in [4.78, 5) is 1.43. The lowest BCUT2D eigenvalue weighted by atomic mass is 9.88. The van der Waals surface area contributed by atoms with E-state index in [0.29, 0.717) is 18.2 Å². The highest BCUT2D eigenvalue weighted by Crippen LogP contribution is 2.27. The minimum absolute atomic E-state index is 0.484. The van der Waals surface area contributed by atoms with Gasteiger partial charge in [-0.1, -0.05) is 6.07 Å². The van der Waals surface area contributed by atoms with Crippen LogP contribution in [0.15, 0.2) is 17.5 Å². The molecule has 84 valence electrons. The van der Waals surface area contributed by atoms with Crippen molar-refractivity contribution in [1.82, 2.24) is 5.32 Å². The molecule has 15 heavy (non-hydrogen) atoms. The van der Waals surface area contributed by atoms with Gasteiger partial charge in [-0.05, 0) is 38.1 Å². The maximum absolute atomic E-state index is 5.54. The van der Waals surface area contributed by atoms with Gasteiger partial charge in [0, 0.05) is 23.6 Å². The summed E-state index contributed by atoms with van der Waals surface area (Å²) in [7, 11) is 0. The van der Waals surface area contributed by atoms with Gasteiger partial charge in [0.1, 0.15) is 0 Å². The van der Waals surface area contributed by atoms with Crippen LogP contribution >= 0.6 is 11.3 Å². The lowest BCUT2D eigenvalue weighted by Crippen LogP contribution is -2.46. The molecule has 0 spiro atoms. The van der Waals surface area contributed by atoms with Crippen LogP contribution in [0.3, 0.4) is 0 Å². The fraction of sp³-hybridized carbons (Fsp3) is 0.667. The van der Waals surface area contributed by atoms with E-state index in [1.807, 2.05) is 11.3 Å². The van der Waals surface area contributed by atoms with E-state index in [1.165, 1.54) is 17.7 Å². The van der Waals surface area contributed by atoms with Crippen LogP contribution < -0.4 is 5.32 Å². The molecule has 0 bridgehead atoms. The Labute approximate surface area is 95.6 Å². The van der Waals surface area contributed by atoms with Crippen LogP contribution in [0.4, 0.5) is 0 Å². The summed E-state index contributed by atoms with van der Waals surface area (Å²) >= 11 is 1.82. The first-order valence-corrected chi connectivity index (χ1v) is 6.58. The zero-order valence-corrected chi connectivity index (χ0v) is 10.2. The Morgan fingerprint density at radius 3 is 3.00 bits per heavy atom. The first kappa shape index (κ1) is 11.1. The minimum Gasteiger partial charge on any atom is -0.378 e. The SMILES string of the molecule is CCOC1CC(N[C@H](C)c2cccs2)C1. The Balaban J connectivity index is 1.71. The zero-order valence-electron chi connectivity index (χ0n) is 9.40. The molecular formula is C12H19NOS. The van der Waals surface area contributed by atoms with Gasteiger partial charge in [-0.3, -0.25) is 0 Å². The number of ether oxygens (including phenoxy) is 1. The van der Waals surface area contributed by atoms with Gasteiger partial charge in [0.25, 0.3) is 0 Å². The maximum atomic E-state index is 5.54. The van der Waals surface area contributed by atoms with Crippen LogP contribution in [0.1, 0.15) is 37.6 Å². The van der Waals surface area contributed by atoms with Gasteiger partial charge < -0.3 is 10.1 Å². The second-order valence-electron chi connectivity index (χ2n) is 4.15. The molecule has 1 atom stereocenters. The zero-order chi connectivity index (χ0) is 10.7. The third-order valence-electron chi connectivity index (χ3n) is 2.95. The summed E-state index contributed by atoms with van der Waals surface area (Å²) in [5.74, 6) is 0. The molecule has 1 aliphatic carbocycles. The van der Waals surface area contributed by atoms with E-state index in [1.54, 1.807) is 0 Å². The van der Waals surface area contributed by atoms with Crippen molar-refractivity contribution in [2.75, 3.05) is 6.61 Å². The smallest absolute Gasteiger partial charge is 0.0604 e. The summed E-state index contributed by atoms with van der Waals surface area (Å²) in [5, 5.41) is 5.77. The molecule has 2 rings (SSSR count). The van der Waals surface area contributed by atoms with Gasteiger partial charge in [-0.2, -0.15) is 0 Å². The van der Waals surface area contributed by atoms with Crippen molar-refractivity contribution < 1.29 is 4.74 Å². The maximum Gasteiger partial charge on any atom is 0.0604 e. The average molecular weight is 225 g/mol. The van der Waals surface area contributed by atoms with Gasteiger partial charge in [0.2, 0.25) is 0 Å². The number of thiophene rings is 1. The first-order chi connectivity index (χ1) is 7.29. The number of nitrogens with one attached hydrogen (secondary N) is 1. The average Bonchev–Trinajstić information content (AvgIpc) is 2.67. The Morgan fingerprint density at radius 1 is 1.60 bits per heavy atom. The van der Waals surface area contributed by atoms with Gasteiger partial charge in [0.05, 0.1) is 6.10 Å². The molecular weight excluding hydrogens is 206 g/mol. The van der Waals surface area contributed by atoms with Gasteiger partial charge in [-0.25, -0.2) is 0 Å². The molecule has 1 aromatic rings. The van der Waals surface area contributed by atoms with E-state index >= 15 is 0 Å². The van der Waals surface area contributed by atoms with Crippen molar-refractivity contribution in [2.24, 2.45) is 0 Å². The van der Waals surface area contributed by atoms with E-state index < -0.39 is 0 Å². The Bertz CT molecular complexity index is 280. The van der Waals surface area contributed by atoms with Crippen molar-refractivity contribution in [1.29, 1.82) is 0 Å². The molecule has 1 N–H and O–H groups in total. The molecule has 0 radical (unpaired) electrons. The lowest BCUT2D eigenvalue weighted by molar-refractivity contribution is -0.0119. The van der Waals surface area contributed by atoms with Crippen LogP contribution in [0, 0.1) is 0 Å². The fourth-order valence-corrected chi connectivity index (χ4v) is 2.79. The third kappa shape index (κ3) is 2.80. The molecule has 1 saturated carbocycles. The number of hydrogen-bond donors (Lipinski definition) is 1. The van der Waals surface area contributed by atoms with E-state index in [-0.39, 0.29) is 0 Å². The number of hydrogen-bond acceptors (Lipinski definition) is 3. The summed E-state index contributed by atoms with van der Waals surface area (Å²) in [6, 6.07) is 5.44. The van der Waals surface area contributed by atoms with Crippen LogP contribution in [-0.4, -0.2) is 18.8 Å². The predicted molar refractivity (Wildman–Crippen MR) is 64.3 cm³/mol. The monoisotopic (exact) mass is 225 g/mol. The molecule has 1 aromatic heterocycles. The van der Waals surface area contributed by atoms with E-state index in [0.717, 1.165) is 6.61 Å². The van der Waals surface area contributed by atoms with Crippen LogP contribution in [-0.2, 0) is 4.74 Å². The molecule has 1 fully saturated rings. The Kier molecular flexibility index (Phi) is 3.78. The highest BCUT2D eigenvalue weighted by atomic mass is 32.1. The molecule has 2 nitrogen and oxygen atoms in total. The molecule has 0 saturated heterocycles. The summed E-state index contributed by atoms with van der Waals surface area (Å²) in [6.45, 7) is 5.15. The predicted octanol–water partition coefficient (Wildman–Crippen LogP) is 2.97. The van der Waals surface area contributed by atoms with Crippen LogP contribution in [0.5, 0.6) is 0 Å². The van der Waals surface area contributed by atoms with Gasteiger partial charge >= 0.3 is 0 Å². The standard InChI is InChI=1S/C12H19NOS/c1-3-14-11-7-10(8-11)13-9(2)12-5-4-6-15-12/h4-6,9-11,13H,3,7-8H2,1-2H3/t9-,10?,11?/m1/s1. The van der Waals surface area contributed by atoms with Crippen molar-refractivity contribution >= 4 is 11.3 Å². The Morgan fingerprint density at radius 2 is 2.40 bits per heavy atom. The first-order valence-electron chi connectivity index (χ1n) is 5.70. The molecule has 1 aliphatic rings. The topological polar surface area (TPSA) is 21.3 Å². The summed E-state index contributed by atoms with van der Waals surface area (Å²) < 4.78 is 5.54. The molecule has 0 aromatic carbocycles. The van der Waals surface area contributed by atoms with Crippen molar-refractivity contribution in [2.45, 2.75) is 44.9 Å². The minimum atomic E-state index is 0.484. The molecule has 0 aliphatic heterocycles. The normalized spacial score (nSPS) is 27.3. The quantitative estimate of drug-likeness (QED) is 0.832. The van der Waals surface area contributed by atoms with E-state index in [2.05, 4.69) is 36.7 Å². The summed E-state index contributed by atoms with van der Waals surface area (Å²) in [5.41, 5.74) is 0. The molecule has 0 unspecified atom stereocenters. The van der Waals surface area contributed by atoms with Crippen molar-refractivity contribution in [3.8, 4) is 0 Å². The van der Waals surface area contributed by atoms with Crippen molar-refractivity contribution in [3.05, 3.63) is 22.4 Å². The Hall–Kier alpha value is -0.380. The lowest BCUT2D eigenvalue weighted by Gasteiger charge is -2.37. The van der Waals surface area contributed by atoms with E-state index in [4.69, 9.17) is 4.74 Å². The molecule has 1 heterocycles. The highest BCUT2D eigenvalue weighted by molar-refractivity contribution is 7.10. The molecule has 0 amide bonds. The van der Waals surface area contributed by atoms with Crippen molar-refractivity contribution in [3.63, 3.8) is 0 Å². The second-order valence-corrected chi connectivity index (χ2v) is 5.13. The third-order valence-corrected chi connectivity index (χ3v) is 4.01. The van der Waals surface area contributed by atoms with Crippen LogP contribution in [0.2, 0.25) is 0 Å². The highest BCUT2D eigenvalue weighted by Gasteiger charge is 2.30. The largest absolute Gasteiger partial charge is 0.378 e. The fourth-order valence-electron chi connectivity index (χ4n) is 2.05. The summed E-state index contributed by atoms with van der Waals surface area (Å²) in [6.07, 6.45) is 2.84. The van der Waals surface area contributed by atoms with Gasteiger partial charge in [0.15, 0.2) is 0 Å². The molecule has 3 heteroatoms. The van der Waals surface area contributed by atoms with Gasteiger partial charge in [-0.15, -0.1) is 11.3 Å². The van der Waals surface area contributed by atoms with E-state index in [9.17, 15) is 0 Å². The second kappa shape index (κ2) is 5.10. The van der Waals surface area contributed by atoms with Crippen LogP contribution in [0.25, 0.3) is 0 Å². The number of rotatable bonds is 5.